The highest BCUT2D eigenvalue weighted by Gasteiger charge is 2.25. The second-order valence-electron chi connectivity index (χ2n) is 7.69. The van der Waals surface area contributed by atoms with Crippen molar-refractivity contribution in [1.29, 1.82) is 0 Å². The smallest absolute Gasteiger partial charge is 0.410 e. The topological polar surface area (TPSA) is 70.7 Å². The summed E-state index contributed by atoms with van der Waals surface area (Å²) in [5.41, 5.74) is 2.27. The summed E-state index contributed by atoms with van der Waals surface area (Å²) < 4.78 is 19.1. The molecule has 0 unspecified atom stereocenters. The zero-order valence-corrected chi connectivity index (χ0v) is 16.2. The van der Waals surface area contributed by atoms with Gasteiger partial charge in [0.25, 0.3) is 0 Å². The van der Waals surface area contributed by atoms with E-state index in [0.29, 0.717) is 25.2 Å². The molecule has 0 radical (unpaired) electrons. The second-order valence-corrected chi connectivity index (χ2v) is 7.69. The van der Waals surface area contributed by atoms with Crippen LogP contribution in [0.4, 0.5) is 25.4 Å². The van der Waals surface area contributed by atoms with Crippen molar-refractivity contribution in [2.75, 3.05) is 17.2 Å². The number of carbonyl (C=O) groups excluding carboxylic acids is 2. The van der Waals surface area contributed by atoms with Gasteiger partial charge in [0.1, 0.15) is 11.4 Å². The highest BCUT2D eigenvalue weighted by Crippen LogP contribution is 2.24. The third kappa shape index (κ3) is 5.00. The number of anilines is 2. The Balaban J connectivity index is 1.63. The van der Waals surface area contributed by atoms with Crippen LogP contribution in [0.3, 0.4) is 0 Å². The molecule has 1 aliphatic rings. The summed E-state index contributed by atoms with van der Waals surface area (Å²) in [6.45, 7) is 6.53. The molecule has 1 heterocycles. The number of hydrogen-bond acceptors (Lipinski definition) is 3. The Morgan fingerprint density at radius 2 is 1.82 bits per heavy atom. The van der Waals surface area contributed by atoms with Gasteiger partial charge in [0.15, 0.2) is 0 Å². The Morgan fingerprint density at radius 3 is 2.54 bits per heavy atom. The molecule has 0 aromatic heterocycles. The minimum Gasteiger partial charge on any atom is -0.444 e. The molecule has 0 atom stereocenters. The normalized spacial score (nSPS) is 13.5. The lowest BCUT2D eigenvalue weighted by Crippen LogP contribution is -2.39. The van der Waals surface area contributed by atoms with Gasteiger partial charge in [-0.25, -0.2) is 14.0 Å². The van der Waals surface area contributed by atoms with E-state index in [2.05, 4.69) is 10.6 Å². The number of benzene rings is 2. The molecule has 148 valence electrons. The first-order valence-electron chi connectivity index (χ1n) is 9.13. The molecule has 3 amide bonds. The van der Waals surface area contributed by atoms with Crippen molar-refractivity contribution >= 4 is 23.5 Å². The molecule has 3 rings (SSSR count). The molecule has 2 aromatic carbocycles. The zero-order valence-electron chi connectivity index (χ0n) is 16.2. The van der Waals surface area contributed by atoms with Crippen LogP contribution >= 0.6 is 0 Å². The van der Waals surface area contributed by atoms with Gasteiger partial charge in [-0.3, -0.25) is 0 Å². The standard InChI is InChI=1S/C21H24FN3O3/c1-21(2,3)28-20(27)25-11-10-14-12-16(9-8-15(14)13-25)23-19(26)24-18-7-5-4-6-17(18)22/h4-9,12H,10-11,13H2,1-3H3,(H2,23,24,26). The molecular formula is C21H24FN3O3. The minimum absolute atomic E-state index is 0.117. The van der Waals surface area contributed by atoms with Gasteiger partial charge in [0.05, 0.1) is 5.69 Å². The van der Waals surface area contributed by atoms with Gasteiger partial charge in [-0.2, -0.15) is 0 Å². The maximum Gasteiger partial charge on any atom is 0.410 e. The average Bonchev–Trinajstić information content (AvgIpc) is 2.61. The van der Waals surface area contributed by atoms with E-state index in [0.717, 1.165) is 11.1 Å². The molecule has 0 saturated heterocycles. The Bertz CT molecular complexity index is 893. The molecule has 2 aromatic rings. The molecule has 0 bridgehead atoms. The Labute approximate surface area is 163 Å². The van der Waals surface area contributed by atoms with Gasteiger partial charge in [0.2, 0.25) is 0 Å². The fourth-order valence-electron chi connectivity index (χ4n) is 2.96. The number of nitrogens with zero attached hydrogens (tertiary/aromatic N) is 1. The molecule has 6 nitrogen and oxygen atoms in total. The van der Waals surface area contributed by atoms with Crippen molar-refractivity contribution in [3.8, 4) is 0 Å². The van der Waals surface area contributed by atoms with Crippen LogP contribution in [0.1, 0.15) is 31.9 Å². The van der Waals surface area contributed by atoms with Crippen molar-refractivity contribution in [2.45, 2.75) is 39.3 Å². The minimum atomic E-state index is -0.531. The maximum absolute atomic E-state index is 13.6. The van der Waals surface area contributed by atoms with Crippen molar-refractivity contribution in [1.82, 2.24) is 4.90 Å². The Hall–Kier alpha value is -3.09. The number of hydrogen-bond donors (Lipinski definition) is 2. The van der Waals surface area contributed by atoms with E-state index < -0.39 is 17.4 Å². The van der Waals surface area contributed by atoms with Crippen molar-refractivity contribution in [3.05, 3.63) is 59.4 Å². The molecule has 0 spiro atoms. The quantitative estimate of drug-likeness (QED) is 0.783. The number of carbonyl (C=O) groups is 2. The Kier molecular flexibility index (Phi) is 5.53. The van der Waals surface area contributed by atoms with E-state index in [1.54, 1.807) is 23.1 Å². The van der Waals surface area contributed by atoms with Crippen molar-refractivity contribution in [2.24, 2.45) is 0 Å². The van der Waals surface area contributed by atoms with E-state index >= 15 is 0 Å². The van der Waals surface area contributed by atoms with Gasteiger partial charge in [-0.1, -0.05) is 18.2 Å². The predicted octanol–water partition coefficient (Wildman–Crippen LogP) is 4.76. The summed E-state index contributed by atoms with van der Waals surface area (Å²) in [6.07, 6.45) is 0.337. The molecule has 0 saturated carbocycles. The maximum atomic E-state index is 13.6. The number of ether oxygens (including phenoxy) is 1. The first kappa shape index (κ1) is 19.7. The largest absolute Gasteiger partial charge is 0.444 e. The number of rotatable bonds is 2. The van der Waals surface area contributed by atoms with E-state index in [1.165, 1.54) is 12.1 Å². The van der Waals surface area contributed by atoms with Crippen LogP contribution in [-0.2, 0) is 17.7 Å². The third-order valence-corrected chi connectivity index (χ3v) is 4.25. The summed E-state index contributed by atoms with van der Waals surface area (Å²) in [4.78, 5) is 26.0. The van der Waals surface area contributed by atoms with E-state index in [9.17, 15) is 14.0 Å². The van der Waals surface area contributed by atoms with Gasteiger partial charge < -0.3 is 20.3 Å². The van der Waals surface area contributed by atoms with Gasteiger partial charge >= 0.3 is 12.1 Å². The number of para-hydroxylation sites is 1. The average molecular weight is 385 g/mol. The highest BCUT2D eigenvalue weighted by atomic mass is 19.1. The van der Waals surface area contributed by atoms with Gasteiger partial charge in [-0.15, -0.1) is 0 Å². The van der Waals surface area contributed by atoms with E-state index in [4.69, 9.17) is 4.74 Å². The van der Waals surface area contributed by atoms with Crippen LogP contribution < -0.4 is 10.6 Å². The molecular weight excluding hydrogens is 361 g/mol. The van der Waals surface area contributed by atoms with Crippen molar-refractivity contribution < 1.29 is 18.7 Å². The summed E-state index contributed by atoms with van der Waals surface area (Å²) in [7, 11) is 0. The molecule has 7 heteroatoms. The summed E-state index contributed by atoms with van der Waals surface area (Å²) in [5, 5.41) is 5.20. The van der Waals surface area contributed by atoms with Crippen LogP contribution in [0.2, 0.25) is 0 Å². The van der Waals surface area contributed by atoms with Crippen LogP contribution in [0.5, 0.6) is 0 Å². The third-order valence-electron chi connectivity index (χ3n) is 4.25. The number of amides is 3. The lowest BCUT2D eigenvalue weighted by Gasteiger charge is -2.31. The predicted molar refractivity (Wildman–Crippen MR) is 106 cm³/mol. The van der Waals surface area contributed by atoms with E-state index in [1.807, 2.05) is 32.9 Å². The lowest BCUT2D eigenvalue weighted by atomic mass is 9.99. The number of urea groups is 1. The van der Waals surface area contributed by atoms with Crippen LogP contribution in [-0.4, -0.2) is 29.2 Å². The van der Waals surface area contributed by atoms with E-state index in [-0.39, 0.29) is 11.8 Å². The van der Waals surface area contributed by atoms with Gasteiger partial charge in [0, 0.05) is 18.8 Å². The first-order chi connectivity index (χ1) is 13.2. The molecule has 0 fully saturated rings. The van der Waals surface area contributed by atoms with Crippen LogP contribution in [0, 0.1) is 5.82 Å². The first-order valence-corrected chi connectivity index (χ1v) is 9.13. The number of nitrogens with one attached hydrogen (secondary N) is 2. The summed E-state index contributed by atoms with van der Waals surface area (Å²) in [5.74, 6) is -0.495. The highest BCUT2D eigenvalue weighted by molar-refractivity contribution is 5.99. The zero-order chi connectivity index (χ0) is 20.3. The van der Waals surface area contributed by atoms with Crippen LogP contribution in [0.25, 0.3) is 0 Å². The molecule has 28 heavy (non-hydrogen) atoms. The summed E-state index contributed by atoms with van der Waals surface area (Å²) in [6, 6.07) is 11.0. The monoisotopic (exact) mass is 385 g/mol. The summed E-state index contributed by atoms with van der Waals surface area (Å²) >= 11 is 0. The molecule has 2 N–H and O–H groups in total. The van der Waals surface area contributed by atoms with Crippen molar-refractivity contribution in [3.63, 3.8) is 0 Å². The van der Waals surface area contributed by atoms with Crippen LogP contribution in [0.15, 0.2) is 42.5 Å². The number of halogens is 1. The lowest BCUT2D eigenvalue weighted by molar-refractivity contribution is 0.0224. The fraction of sp³-hybridized carbons (Fsp3) is 0.333. The molecule has 1 aliphatic heterocycles. The second kappa shape index (κ2) is 7.88. The Morgan fingerprint density at radius 1 is 1.07 bits per heavy atom. The SMILES string of the molecule is CC(C)(C)OC(=O)N1CCc2cc(NC(=O)Nc3ccccc3F)ccc2C1. The fourth-order valence-corrected chi connectivity index (χ4v) is 2.96. The van der Waals surface area contributed by atoms with Gasteiger partial charge in [-0.05, 0) is 62.6 Å². The number of fused-ring (bicyclic) bond motifs is 1. The molecule has 0 aliphatic carbocycles.